The zero-order valence-electron chi connectivity index (χ0n) is 16.6. The Hall–Kier alpha value is -4.77. The third-order valence-electron chi connectivity index (χ3n) is 5.13. The molecule has 0 bridgehead atoms. The zero-order chi connectivity index (χ0) is 22.1. The summed E-state index contributed by atoms with van der Waals surface area (Å²) in [5.74, 6) is -0.523. The molecule has 8 heteroatoms. The lowest BCUT2D eigenvalue weighted by atomic mass is 9.83. The first kappa shape index (κ1) is 19.2. The predicted octanol–water partition coefficient (Wildman–Crippen LogP) is 4.11. The molecule has 5 rings (SSSR count). The Morgan fingerprint density at radius 3 is 2.72 bits per heavy atom. The van der Waals surface area contributed by atoms with Crippen molar-refractivity contribution in [1.82, 2.24) is 10.2 Å². The van der Waals surface area contributed by atoms with Crippen molar-refractivity contribution in [1.29, 1.82) is 5.26 Å². The minimum Gasteiger partial charge on any atom is -0.457 e. The molecule has 0 unspecified atom stereocenters. The Balaban J connectivity index is 1.60. The van der Waals surface area contributed by atoms with Crippen molar-refractivity contribution in [2.75, 3.05) is 0 Å². The predicted molar refractivity (Wildman–Crippen MR) is 113 cm³/mol. The molecule has 1 atom stereocenters. The number of hydrogen-bond donors (Lipinski definition) is 2. The number of nitrogens with zero attached hydrogens (tertiary/aromatic N) is 2. The third kappa shape index (κ3) is 3.28. The van der Waals surface area contributed by atoms with E-state index in [1.54, 1.807) is 24.3 Å². The maximum atomic E-state index is 12.3. The fourth-order valence-corrected chi connectivity index (χ4v) is 3.71. The van der Waals surface area contributed by atoms with Crippen molar-refractivity contribution in [3.05, 3.63) is 101 Å². The molecule has 0 saturated heterocycles. The number of nitriles is 1. The third-order valence-corrected chi connectivity index (χ3v) is 5.13. The van der Waals surface area contributed by atoms with Gasteiger partial charge in [-0.25, -0.2) is 4.79 Å². The SMILES string of the molecule is N#CC1=C(N)Oc2n[nH]c(-c3ccccc3)c2[C@@H]1c1cccc(OC(=O)c2ccco2)c1. The molecule has 0 saturated carbocycles. The summed E-state index contributed by atoms with van der Waals surface area (Å²) in [4.78, 5) is 12.3. The number of aromatic amines is 1. The fraction of sp³-hybridized carbons (Fsp3) is 0.0417. The highest BCUT2D eigenvalue weighted by molar-refractivity contribution is 5.88. The van der Waals surface area contributed by atoms with Crippen molar-refractivity contribution >= 4 is 5.97 Å². The molecule has 0 amide bonds. The lowest BCUT2D eigenvalue weighted by molar-refractivity contribution is 0.0701. The topological polar surface area (TPSA) is 127 Å². The monoisotopic (exact) mass is 424 g/mol. The summed E-state index contributed by atoms with van der Waals surface area (Å²) in [6.45, 7) is 0. The molecule has 2 aromatic carbocycles. The molecule has 3 heterocycles. The van der Waals surface area contributed by atoms with Crippen LogP contribution in [0.2, 0.25) is 0 Å². The number of carbonyl (C=O) groups is 1. The van der Waals surface area contributed by atoms with E-state index in [0.29, 0.717) is 28.5 Å². The fourth-order valence-electron chi connectivity index (χ4n) is 3.71. The van der Waals surface area contributed by atoms with Gasteiger partial charge < -0.3 is 19.6 Å². The van der Waals surface area contributed by atoms with Crippen LogP contribution >= 0.6 is 0 Å². The molecule has 3 N–H and O–H groups in total. The first-order chi connectivity index (χ1) is 15.7. The van der Waals surface area contributed by atoms with Crippen LogP contribution in [0.5, 0.6) is 11.6 Å². The summed E-state index contributed by atoms with van der Waals surface area (Å²) in [6, 6.07) is 21.8. The van der Waals surface area contributed by atoms with E-state index < -0.39 is 11.9 Å². The number of rotatable bonds is 4. The van der Waals surface area contributed by atoms with Gasteiger partial charge >= 0.3 is 5.97 Å². The molecule has 2 aromatic heterocycles. The van der Waals surface area contributed by atoms with Crippen LogP contribution in [0.4, 0.5) is 0 Å². The molecule has 1 aliphatic rings. The van der Waals surface area contributed by atoms with Crippen LogP contribution in [-0.2, 0) is 0 Å². The number of nitrogens with two attached hydrogens (primary N) is 1. The molecule has 8 nitrogen and oxygen atoms in total. The van der Waals surface area contributed by atoms with Gasteiger partial charge in [0, 0.05) is 0 Å². The van der Waals surface area contributed by atoms with Gasteiger partial charge in [-0.1, -0.05) is 42.5 Å². The Morgan fingerprint density at radius 1 is 1.12 bits per heavy atom. The Morgan fingerprint density at radius 2 is 1.97 bits per heavy atom. The highest BCUT2D eigenvalue weighted by Crippen LogP contribution is 2.46. The number of ether oxygens (including phenoxy) is 2. The maximum Gasteiger partial charge on any atom is 0.379 e. The largest absolute Gasteiger partial charge is 0.457 e. The van der Waals surface area contributed by atoms with Gasteiger partial charge in [-0.05, 0) is 35.4 Å². The number of aromatic nitrogens is 2. The first-order valence-corrected chi connectivity index (χ1v) is 9.72. The van der Waals surface area contributed by atoms with Gasteiger partial charge in [0.05, 0.1) is 23.4 Å². The van der Waals surface area contributed by atoms with Crippen LogP contribution in [0.25, 0.3) is 11.3 Å². The lowest BCUT2D eigenvalue weighted by Gasteiger charge is -2.24. The number of fused-ring (bicyclic) bond motifs is 1. The molecule has 0 aliphatic carbocycles. The molecule has 0 spiro atoms. The minimum absolute atomic E-state index is 0.0194. The molecule has 156 valence electrons. The average molecular weight is 424 g/mol. The van der Waals surface area contributed by atoms with Crippen LogP contribution in [0, 0.1) is 11.3 Å². The van der Waals surface area contributed by atoms with Gasteiger partial charge in [0.25, 0.3) is 0 Å². The molecular weight excluding hydrogens is 408 g/mol. The zero-order valence-corrected chi connectivity index (χ0v) is 16.6. The number of benzene rings is 2. The molecule has 4 aromatic rings. The summed E-state index contributed by atoms with van der Waals surface area (Å²) in [5.41, 5.74) is 9.25. The number of furan rings is 1. The Labute approximate surface area is 182 Å². The number of nitrogens with one attached hydrogen (secondary N) is 1. The second-order valence-corrected chi connectivity index (χ2v) is 7.05. The number of allylic oxidation sites excluding steroid dienone is 1. The van der Waals surface area contributed by atoms with E-state index in [0.717, 1.165) is 5.56 Å². The lowest BCUT2D eigenvalue weighted by Crippen LogP contribution is -2.21. The summed E-state index contributed by atoms with van der Waals surface area (Å²) < 4.78 is 16.2. The van der Waals surface area contributed by atoms with Crippen molar-refractivity contribution in [2.24, 2.45) is 5.73 Å². The summed E-state index contributed by atoms with van der Waals surface area (Å²) in [6.07, 6.45) is 1.40. The van der Waals surface area contributed by atoms with Gasteiger partial charge in [-0.3, -0.25) is 5.10 Å². The van der Waals surface area contributed by atoms with Gasteiger partial charge in [-0.15, -0.1) is 5.10 Å². The van der Waals surface area contributed by atoms with E-state index in [1.807, 2.05) is 36.4 Å². The van der Waals surface area contributed by atoms with Crippen molar-refractivity contribution < 1.29 is 18.7 Å². The van der Waals surface area contributed by atoms with Crippen LogP contribution in [0.15, 0.2) is 88.9 Å². The van der Waals surface area contributed by atoms with Gasteiger partial charge in [0.1, 0.15) is 17.4 Å². The number of esters is 1. The van der Waals surface area contributed by atoms with Gasteiger partial charge in [-0.2, -0.15) is 5.26 Å². The van der Waals surface area contributed by atoms with Crippen molar-refractivity contribution in [2.45, 2.75) is 5.92 Å². The second-order valence-electron chi connectivity index (χ2n) is 7.05. The number of hydrogen-bond acceptors (Lipinski definition) is 7. The van der Waals surface area contributed by atoms with E-state index in [1.165, 1.54) is 12.3 Å². The first-order valence-electron chi connectivity index (χ1n) is 9.72. The van der Waals surface area contributed by atoms with E-state index in [4.69, 9.17) is 19.6 Å². The standard InChI is InChI=1S/C24H16N4O4/c25-13-17-19(15-8-4-9-16(12-15)31-24(29)18-10-5-11-30-18)20-21(14-6-2-1-3-7-14)27-28-23(20)32-22(17)26/h1-12,19H,26H2,(H,27,28)/t19-/m1/s1. The summed E-state index contributed by atoms with van der Waals surface area (Å²) >= 11 is 0. The highest BCUT2D eigenvalue weighted by atomic mass is 16.5. The van der Waals surface area contributed by atoms with Gasteiger partial charge in [0.2, 0.25) is 17.5 Å². The van der Waals surface area contributed by atoms with E-state index in [9.17, 15) is 10.1 Å². The second kappa shape index (κ2) is 7.81. The molecule has 32 heavy (non-hydrogen) atoms. The van der Waals surface area contributed by atoms with Crippen LogP contribution in [-0.4, -0.2) is 16.2 Å². The minimum atomic E-state index is -0.622. The number of H-pyrrole nitrogens is 1. The average Bonchev–Trinajstić information content (AvgIpc) is 3.49. The number of carbonyl (C=O) groups excluding carboxylic acids is 1. The van der Waals surface area contributed by atoms with E-state index in [2.05, 4.69) is 16.3 Å². The van der Waals surface area contributed by atoms with Crippen molar-refractivity contribution in [3.8, 4) is 29.0 Å². The normalized spacial score (nSPS) is 14.9. The Kier molecular flexibility index (Phi) is 4.69. The van der Waals surface area contributed by atoms with Crippen molar-refractivity contribution in [3.63, 3.8) is 0 Å². The van der Waals surface area contributed by atoms with Crippen LogP contribution in [0.1, 0.15) is 27.6 Å². The smallest absolute Gasteiger partial charge is 0.379 e. The van der Waals surface area contributed by atoms with E-state index in [-0.39, 0.29) is 17.2 Å². The summed E-state index contributed by atoms with van der Waals surface area (Å²) in [7, 11) is 0. The highest BCUT2D eigenvalue weighted by Gasteiger charge is 2.35. The maximum absolute atomic E-state index is 12.3. The van der Waals surface area contributed by atoms with E-state index >= 15 is 0 Å². The van der Waals surface area contributed by atoms with Crippen LogP contribution in [0.3, 0.4) is 0 Å². The van der Waals surface area contributed by atoms with Crippen LogP contribution < -0.4 is 15.2 Å². The molecular formula is C24H16N4O4. The quantitative estimate of drug-likeness (QED) is 0.373. The summed E-state index contributed by atoms with van der Waals surface area (Å²) in [5, 5.41) is 17.1. The molecule has 0 radical (unpaired) electrons. The Bertz CT molecular complexity index is 1360. The van der Waals surface area contributed by atoms with Gasteiger partial charge in [0.15, 0.2) is 0 Å². The molecule has 0 fully saturated rings. The molecule has 1 aliphatic heterocycles.